The van der Waals surface area contributed by atoms with Crippen molar-refractivity contribution in [2.75, 3.05) is 0 Å². The van der Waals surface area contributed by atoms with Gasteiger partial charge in [0.15, 0.2) is 0 Å². The lowest BCUT2D eigenvalue weighted by atomic mass is 10.1. The quantitative estimate of drug-likeness (QED) is 0.744. The predicted molar refractivity (Wildman–Crippen MR) is 77.6 cm³/mol. The number of hydrogen-bond acceptors (Lipinski definition) is 5. The van der Waals surface area contributed by atoms with Crippen molar-refractivity contribution in [2.45, 2.75) is 13.5 Å². The molecule has 7 heteroatoms. The zero-order valence-corrected chi connectivity index (χ0v) is 12.0. The molecule has 0 aliphatic rings. The molecule has 0 N–H and O–H groups in total. The molecule has 0 radical (unpaired) electrons. The summed E-state index contributed by atoms with van der Waals surface area (Å²) in [6.45, 7) is 2.07. The van der Waals surface area contributed by atoms with Gasteiger partial charge in [-0.15, -0.1) is 10.2 Å². The van der Waals surface area contributed by atoms with Crippen molar-refractivity contribution in [3.8, 4) is 11.3 Å². The van der Waals surface area contributed by atoms with Gasteiger partial charge in [-0.3, -0.25) is 4.79 Å². The first-order valence-corrected chi connectivity index (χ1v) is 7.07. The maximum absolute atomic E-state index is 13.8. The summed E-state index contributed by atoms with van der Waals surface area (Å²) >= 11 is 1.40. The minimum Gasteiger partial charge on any atom is -0.268 e. The lowest BCUT2D eigenvalue weighted by Gasteiger charge is -2.06. The van der Waals surface area contributed by atoms with E-state index in [0.717, 1.165) is 5.01 Å². The molecule has 0 bridgehead atoms. The van der Waals surface area contributed by atoms with E-state index in [1.807, 2.05) is 6.92 Å². The van der Waals surface area contributed by atoms with Gasteiger partial charge in [0.2, 0.25) is 0 Å². The van der Waals surface area contributed by atoms with Crippen LogP contribution in [0, 0.1) is 12.7 Å². The minimum atomic E-state index is -0.373. The second-order valence-electron chi connectivity index (χ2n) is 4.41. The maximum atomic E-state index is 13.8. The molecule has 0 amide bonds. The fraction of sp³-hybridized carbons (Fsp3) is 0.143. The Balaban J connectivity index is 2.00. The van der Waals surface area contributed by atoms with E-state index >= 15 is 0 Å². The van der Waals surface area contributed by atoms with Gasteiger partial charge < -0.3 is 0 Å². The van der Waals surface area contributed by atoms with E-state index in [-0.39, 0.29) is 17.9 Å². The number of hydrogen-bond donors (Lipinski definition) is 0. The molecule has 0 saturated carbocycles. The molecule has 0 aliphatic carbocycles. The monoisotopic (exact) mass is 302 g/mol. The van der Waals surface area contributed by atoms with Crippen LogP contribution in [0.2, 0.25) is 0 Å². The van der Waals surface area contributed by atoms with Crippen LogP contribution >= 0.6 is 11.3 Å². The van der Waals surface area contributed by atoms with Gasteiger partial charge in [-0.1, -0.05) is 23.5 Å². The Bertz CT molecular complexity index is 843. The Labute approximate surface area is 123 Å². The second kappa shape index (κ2) is 5.53. The summed E-state index contributed by atoms with van der Waals surface area (Å²) in [4.78, 5) is 11.9. The number of aromatic nitrogens is 4. The molecule has 0 unspecified atom stereocenters. The number of benzene rings is 1. The predicted octanol–water partition coefficient (Wildman–Crippen LogP) is 2.26. The van der Waals surface area contributed by atoms with E-state index in [1.165, 1.54) is 34.2 Å². The lowest BCUT2D eigenvalue weighted by Crippen LogP contribution is -2.22. The molecular weight excluding hydrogens is 291 g/mol. The molecule has 0 fully saturated rings. The fourth-order valence-corrected chi connectivity index (χ4v) is 2.60. The first kappa shape index (κ1) is 13.6. The Morgan fingerprint density at radius 1 is 1.19 bits per heavy atom. The van der Waals surface area contributed by atoms with Crippen LogP contribution in [0.1, 0.15) is 10.0 Å². The summed E-state index contributed by atoms with van der Waals surface area (Å²) in [7, 11) is 0. The van der Waals surface area contributed by atoms with Gasteiger partial charge in [0.05, 0.1) is 12.2 Å². The average molecular weight is 302 g/mol. The fourth-order valence-electron chi connectivity index (χ4n) is 1.90. The summed E-state index contributed by atoms with van der Waals surface area (Å²) in [5.41, 5.74) is 0.511. The number of nitrogens with zero attached hydrogens (tertiary/aromatic N) is 4. The molecule has 5 nitrogen and oxygen atoms in total. The second-order valence-corrected chi connectivity index (χ2v) is 5.68. The summed E-state index contributed by atoms with van der Waals surface area (Å²) < 4.78 is 15.1. The topological polar surface area (TPSA) is 60.7 Å². The van der Waals surface area contributed by atoms with Gasteiger partial charge in [-0.25, -0.2) is 9.07 Å². The van der Waals surface area contributed by atoms with E-state index in [1.54, 1.807) is 18.2 Å². The van der Waals surface area contributed by atoms with E-state index in [0.29, 0.717) is 16.3 Å². The Hall–Kier alpha value is -2.41. The smallest absolute Gasteiger partial charge is 0.267 e. The summed E-state index contributed by atoms with van der Waals surface area (Å²) in [6.07, 6.45) is 0. The third kappa shape index (κ3) is 2.87. The maximum Gasteiger partial charge on any atom is 0.267 e. The highest BCUT2D eigenvalue weighted by Gasteiger charge is 2.09. The van der Waals surface area contributed by atoms with Crippen LogP contribution in [0.3, 0.4) is 0 Å². The summed E-state index contributed by atoms with van der Waals surface area (Å²) in [5.74, 6) is -0.373. The molecule has 3 rings (SSSR count). The Kier molecular flexibility index (Phi) is 3.57. The van der Waals surface area contributed by atoms with Gasteiger partial charge in [0.25, 0.3) is 5.56 Å². The number of aryl methyl sites for hydroxylation is 1. The van der Waals surface area contributed by atoms with Crippen molar-refractivity contribution in [1.29, 1.82) is 0 Å². The van der Waals surface area contributed by atoms with Gasteiger partial charge in [-0.2, -0.15) is 5.10 Å². The molecule has 0 saturated heterocycles. The van der Waals surface area contributed by atoms with Crippen LogP contribution in [0.15, 0.2) is 41.2 Å². The molecule has 1 aromatic carbocycles. The zero-order valence-electron chi connectivity index (χ0n) is 11.2. The largest absolute Gasteiger partial charge is 0.268 e. The highest BCUT2D eigenvalue weighted by atomic mass is 32.1. The number of halogens is 1. The van der Waals surface area contributed by atoms with Gasteiger partial charge in [0.1, 0.15) is 15.8 Å². The highest BCUT2D eigenvalue weighted by Crippen LogP contribution is 2.19. The van der Waals surface area contributed by atoms with Crippen LogP contribution in [0.4, 0.5) is 4.39 Å². The minimum absolute atomic E-state index is 0.229. The molecule has 2 heterocycles. The standard InChI is InChI=1S/C14H11FN4OS/c1-9-16-17-13(21-9)8-19-14(20)7-6-12(18-19)10-4-2-3-5-11(10)15/h2-7H,8H2,1H3. The summed E-state index contributed by atoms with van der Waals surface area (Å²) in [6, 6.07) is 9.22. The van der Waals surface area contributed by atoms with Crippen molar-refractivity contribution in [2.24, 2.45) is 0 Å². The van der Waals surface area contributed by atoms with Crippen molar-refractivity contribution < 1.29 is 4.39 Å². The molecule has 0 aliphatic heterocycles. The third-order valence-corrected chi connectivity index (χ3v) is 3.69. The van der Waals surface area contributed by atoms with E-state index in [9.17, 15) is 9.18 Å². The van der Waals surface area contributed by atoms with E-state index < -0.39 is 0 Å². The first-order chi connectivity index (χ1) is 10.1. The summed E-state index contributed by atoms with van der Waals surface area (Å²) in [5, 5.41) is 13.6. The average Bonchev–Trinajstić information content (AvgIpc) is 2.87. The molecule has 2 aromatic heterocycles. The van der Waals surface area contributed by atoms with Crippen LogP contribution in [0.5, 0.6) is 0 Å². The highest BCUT2D eigenvalue weighted by molar-refractivity contribution is 7.11. The molecule has 0 atom stereocenters. The van der Waals surface area contributed by atoms with Crippen molar-refractivity contribution >= 4 is 11.3 Å². The van der Waals surface area contributed by atoms with Gasteiger partial charge in [0, 0.05) is 11.6 Å². The van der Waals surface area contributed by atoms with E-state index in [4.69, 9.17) is 0 Å². The normalized spacial score (nSPS) is 10.8. The van der Waals surface area contributed by atoms with Crippen LogP contribution in [-0.4, -0.2) is 20.0 Å². The SMILES string of the molecule is Cc1nnc(Cn2nc(-c3ccccc3F)ccc2=O)s1. The lowest BCUT2D eigenvalue weighted by molar-refractivity contribution is 0.618. The molecule has 21 heavy (non-hydrogen) atoms. The Morgan fingerprint density at radius 2 is 2.00 bits per heavy atom. The molecule has 0 spiro atoms. The first-order valence-electron chi connectivity index (χ1n) is 6.25. The van der Waals surface area contributed by atoms with Crippen LogP contribution in [-0.2, 0) is 6.54 Å². The van der Waals surface area contributed by atoms with Crippen molar-refractivity contribution in [3.05, 3.63) is 62.6 Å². The van der Waals surface area contributed by atoms with Gasteiger partial charge >= 0.3 is 0 Å². The van der Waals surface area contributed by atoms with Crippen molar-refractivity contribution in [1.82, 2.24) is 20.0 Å². The molecule has 3 aromatic rings. The zero-order chi connectivity index (χ0) is 14.8. The van der Waals surface area contributed by atoms with Crippen LogP contribution in [0.25, 0.3) is 11.3 Å². The molecule has 106 valence electrons. The van der Waals surface area contributed by atoms with Crippen molar-refractivity contribution in [3.63, 3.8) is 0 Å². The Morgan fingerprint density at radius 3 is 2.71 bits per heavy atom. The van der Waals surface area contributed by atoms with Gasteiger partial charge in [-0.05, 0) is 25.1 Å². The van der Waals surface area contributed by atoms with Crippen LogP contribution < -0.4 is 5.56 Å². The third-order valence-electron chi connectivity index (χ3n) is 2.87. The van der Waals surface area contributed by atoms with E-state index in [2.05, 4.69) is 15.3 Å². The number of rotatable bonds is 3. The molecular formula is C14H11FN4OS.